The van der Waals surface area contributed by atoms with Crippen molar-refractivity contribution in [2.45, 2.75) is 13.1 Å². The third-order valence-corrected chi connectivity index (χ3v) is 5.34. The zero-order valence-electron chi connectivity index (χ0n) is 18.7. The predicted molar refractivity (Wildman–Crippen MR) is 130 cm³/mol. The van der Waals surface area contributed by atoms with Gasteiger partial charge in [0.2, 0.25) is 0 Å². The number of carbonyl (C=O) groups is 1. The van der Waals surface area contributed by atoms with Crippen LogP contribution in [-0.2, 0) is 17.8 Å². The van der Waals surface area contributed by atoms with Gasteiger partial charge in [-0.3, -0.25) is 29.3 Å². The van der Waals surface area contributed by atoms with Crippen LogP contribution in [0, 0.1) is 10.1 Å². The number of H-pyrrole nitrogens is 2. The van der Waals surface area contributed by atoms with Crippen LogP contribution < -0.4 is 21.9 Å². The van der Waals surface area contributed by atoms with Crippen LogP contribution in [0.2, 0.25) is 0 Å². The summed E-state index contributed by atoms with van der Waals surface area (Å²) in [6.45, 7) is 0.458. The molecule has 0 aliphatic carbocycles. The van der Waals surface area contributed by atoms with E-state index in [1.807, 2.05) is 30.3 Å². The number of non-ortho nitro benzene ring substituents is 1. The highest BCUT2D eigenvalue weighted by molar-refractivity contribution is 6.07. The number of aromatic amines is 2. The number of nitrogens with zero attached hydrogens (tertiary/aromatic N) is 2. The molecule has 0 saturated heterocycles. The molecule has 35 heavy (non-hydrogen) atoms. The van der Waals surface area contributed by atoms with Gasteiger partial charge in [0.1, 0.15) is 22.7 Å². The third kappa shape index (κ3) is 4.96. The zero-order chi connectivity index (χ0) is 24.9. The van der Waals surface area contributed by atoms with E-state index in [4.69, 9.17) is 4.74 Å². The summed E-state index contributed by atoms with van der Waals surface area (Å²) in [4.78, 5) is 54.2. The Bertz CT molecular complexity index is 1500. The average Bonchev–Trinajstić information content (AvgIpc) is 3.28. The van der Waals surface area contributed by atoms with Gasteiger partial charge in [-0.1, -0.05) is 42.5 Å². The lowest BCUT2D eigenvalue weighted by Gasteiger charge is -2.17. The molecule has 4 rings (SSSR count). The van der Waals surface area contributed by atoms with E-state index in [0.717, 1.165) is 5.56 Å². The molecule has 2 heterocycles. The zero-order valence-corrected chi connectivity index (χ0v) is 18.7. The Kier molecular flexibility index (Phi) is 6.73. The van der Waals surface area contributed by atoms with Crippen molar-refractivity contribution in [2.75, 3.05) is 24.4 Å². The Morgan fingerprint density at radius 3 is 2.60 bits per heavy atom. The second kappa shape index (κ2) is 10.1. The molecule has 0 aliphatic rings. The molecule has 0 radical (unpaired) electrons. The summed E-state index contributed by atoms with van der Waals surface area (Å²) in [6.07, 6.45) is 0. The molecule has 0 unspecified atom stereocenters. The van der Waals surface area contributed by atoms with Gasteiger partial charge in [-0.15, -0.1) is 0 Å². The smallest absolute Gasteiger partial charge is 0.330 e. The van der Waals surface area contributed by atoms with E-state index in [2.05, 4.69) is 20.6 Å². The number of amides is 1. The average molecular weight is 478 g/mol. The number of anilines is 2. The quantitative estimate of drug-likeness (QED) is 0.212. The maximum absolute atomic E-state index is 13.1. The normalized spacial score (nSPS) is 10.9. The molecule has 0 aliphatic heterocycles. The fourth-order valence-electron chi connectivity index (χ4n) is 3.64. The highest BCUT2D eigenvalue weighted by Crippen LogP contribution is 2.26. The van der Waals surface area contributed by atoms with E-state index >= 15 is 0 Å². The molecular weight excluding hydrogens is 456 g/mol. The van der Waals surface area contributed by atoms with E-state index in [9.17, 15) is 24.5 Å². The summed E-state index contributed by atoms with van der Waals surface area (Å²) in [5.74, 6) is -0.737. The number of nitro benzene ring substituents is 1. The molecule has 12 nitrogen and oxygen atoms in total. The molecule has 0 atom stereocenters. The summed E-state index contributed by atoms with van der Waals surface area (Å²) in [5, 5.41) is 17.4. The second-order valence-corrected chi connectivity index (χ2v) is 7.60. The summed E-state index contributed by atoms with van der Waals surface area (Å²) >= 11 is 0. The minimum Gasteiger partial charge on any atom is -0.383 e. The van der Waals surface area contributed by atoms with Crippen molar-refractivity contribution in [3.8, 4) is 0 Å². The molecule has 0 saturated carbocycles. The second-order valence-electron chi connectivity index (χ2n) is 7.60. The number of carbonyl (C=O) groups excluding carboxylic acids is 1. The van der Waals surface area contributed by atoms with Gasteiger partial charge in [0.05, 0.1) is 18.1 Å². The van der Waals surface area contributed by atoms with Gasteiger partial charge in [-0.25, -0.2) is 4.79 Å². The topological polar surface area (TPSA) is 164 Å². The van der Waals surface area contributed by atoms with Crippen LogP contribution >= 0.6 is 0 Å². The molecule has 0 fully saturated rings. The van der Waals surface area contributed by atoms with Crippen LogP contribution in [0.5, 0.6) is 0 Å². The van der Waals surface area contributed by atoms with E-state index in [0.29, 0.717) is 5.39 Å². The van der Waals surface area contributed by atoms with Gasteiger partial charge in [0.15, 0.2) is 0 Å². The minimum atomic E-state index is -0.722. The van der Waals surface area contributed by atoms with Crippen LogP contribution in [-0.4, -0.2) is 39.1 Å². The first-order valence-corrected chi connectivity index (χ1v) is 10.6. The fourth-order valence-corrected chi connectivity index (χ4v) is 3.64. The molecule has 180 valence electrons. The number of benzene rings is 2. The molecule has 4 N–H and O–H groups in total. The number of rotatable bonds is 9. The van der Waals surface area contributed by atoms with Gasteiger partial charge in [0.25, 0.3) is 17.2 Å². The number of nitro groups is 1. The molecule has 1 amide bonds. The predicted octanol–water partition coefficient (Wildman–Crippen LogP) is 2.44. The Hall–Kier alpha value is -4.71. The minimum absolute atomic E-state index is 0.0139. The van der Waals surface area contributed by atoms with E-state index in [1.54, 1.807) is 6.07 Å². The van der Waals surface area contributed by atoms with E-state index < -0.39 is 22.1 Å². The summed E-state index contributed by atoms with van der Waals surface area (Å²) in [7, 11) is 1.46. The van der Waals surface area contributed by atoms with E-state index in [-0.39, 0.29) is 48.1 Å². The Morgan fingerprint density at radius 2 is 1.89 bits per heavy atom. The standard InChI is InChI=1S/C23H22N6O6/c1-35-11-10-28-20(19(22(31)27-23(28)32)24-13-14-6-3-2-4-7-14)26-21(30)16-12-15-8-5-9-17(29(33)34)18(15)25-16/h2-9,12,24-25H,10-11,13H2,1H3,(H,26,30)(H,27,31,32). The van der Waals surface area contributed by atoms with Crippen LogP contribution in [0.15, 0.2) is 64.2 Å². The first-order chi connectivity index (χ1) is 16.9. The highest BCUT2D eigenvalue weighted by atomic mass is 16.6. The SMILES string of the molecule is COCCn1c(NC(=O)c2cc3cccc([N+](=O)[O-])c3[nH]2)c(NCc2ccccc2)c(=O)[nH]c1=O. The van der Waals surface area contributed by atoms with Gasteiger partial charge in [-0.2, -0.15) is 0 Å². The van der Waals surface area contributed by atoms with Crippen molar-refractivity contribution < 1.29 is 14.5 Å². The summed E-state index contributed by atoms with van der Waals surface area (Å²) in [5.41, 5.74) is -0.536. The lowest BCUT2D eigenvalue weighted by Crippen LogP contribution is -2.36. The number of para-hydroxylation sites is 1. The van der Waals surface area contributed by atoms with Gasteiger partial charge < -0.3 is 20.4 Å². The Balaban J connectivity index is 1.74. The molecule has 12 heteroatoms. The van der Waals surface area contributed by atoms with Crippen molar-refractivity contribution in [3.63, 3.8) is 0 Å². The van der Waals surface area contributed by atoms with Crippen LogP contribution in [0.3, 0.4) is 0 Å². The molecule has 0 bridgehead atoms. The number of hydrogen-bond acceptors (Lipinski definition) is 7. The fraction of sp³-hybridized carbons (Fsp3) is 0.174. The summed E-state index contributed by atoms with van der Waals surface area (Å²) in [6, 6.07) is 15.2. The Morgan fingerprint density at radius 1 is 1.11 bits per heavy atom. The highest BCUT2D eigenvalue weighted by Gasteiger charge is 2.21. The maximum atomic E-state index is 13.1. The first kappa shape index (κ1) is 23.4. The molecule has 2 aromatic heterocycles. The van der Waals surface area contributed by atoms with Gasteiger partial charge >= 0.3 is 5.69 Å². The lowest BCUT2D eigenvalue weighted by atomic mass is 10.2. The van der Waals surface area contributed by atoms with Gasteiger partial charge in [-0.05, 0) is 11.6 Å². The summed E-state index contributed by atoms with van der Waals surface area (Å²) < 4.78 is 6.25. The number of methoxy groups -OCH3 is 1. The number of ether oxygens (including phenoxy) is 1. The van der Waals surface area contributed by atoms with Crippen molar-refractivity contribution in [3.05, 3.63) is 96.8 Å². The van der Waals surface area contributed by atoms with Crippen molar-refractivity contribution in [1.29, 1.82) is 0 Å². The van der Waals surface area contributed by atoms with E-state index in [1.165, 1.54) is 29.9 Å². The number of hydrogen-bond donors (Lipinski definition) is 4. The Labute approximate surface area is 197 Å². The molecule has 0 spiro atoms. The number of aromatic nitrogens is 3. The van der Waals surface area contributed by atoms with Gasteiger partial charge in [0, 0.05) is 25.1 Å². The molecular formula is C23H22N6O6. The lowest BCUT2D eigenvalue weighted by molar-refractivity contribution is -0.383. The van der Waals surface area contributed by atoms with Crippen molar-refractivity contribution in [1.82, 2.24) is 14.5 Å². The monoisotopic (exact) mass is 478 g/mol. The number of fused-ring (bicyclic) bond motifs is 1. The maximum Gasteiger partial charge on any atom is 0.330 e. The third-order valence-electron chi connectivity index (χ3n) is 5.34. The van der Waals surface area contributed by atoms with Crippen molar-refractivity contribution >= 4 is 34.0 Å². The molecule has 2 aromatic carbocycles. The largest absolute Gasteiger partial charge is 0.383 e. The van der Waals surface area contributed by atoms with Crippen LogP contribution in [0.25, 0.3) is 10.9 Å². The first-order valence-electron chi connectivity index (χ1n) is 10.6. The van der Waals surface area contributed by atoms with Crippen LogP contribution in [0.1, 0.15) is 16.1 Å². The molecule has 4 aromatic rings. The van der Waals surface area contributed by atoms with Crippen LogP contribution in [0.4, 0.5) is 17.2 Å². The number of nitrogens with one attached hydrogen (secondary N) is 4. The van der Waals surface area contributed by atoms with Crippen molar-refractivity contribution in [2.24, 2.45) is 0 Å².